The fourth-order valence-corrected chi connectivity index (χ4v) is 3.08. The number of alkyl carbamates (subject to hydrolysis) is 1. The van der Waals surface area contributed by atoms with Gasteiger partial charge in [0.25, 0.3) is 5.91 Å². The molecule has 0 spiro atoms. The van der Waals surface area contributed by atoms with E-state index >= 15 is 0 Å². The van der Waals surface area contributed by atoms with Crippen molar-refractivity contribution in [1.29, 1.82) is 5.41 Å². The van der Waals surface area contributed by atoms with E-state index < -0.39 is 18.0 Å². The van der Waals surface area contributed by atoms with Crippen LogP contribution in [0.25, 0.3) is 11.1 Å². The molecule has 0 unspecified atom stereocenters. The molecule has 0 heterocycles. The smallest absolute Gasteiger partial charge is 0.412 e. The topological polar surface area (TPSA) is 129 Å². The van der Waals surface area contributed by atoms with Gasteiger partial charge in [0.1, 0.15) is 5.84 Å². The predicted octanol–water partition coefficient (Wildman–Crippen LogP) is 4.38. The molecule has 0 aliphatic heterocycles. The minimum Gasteiger partial charge on any atom is -0.478 e. The first-order valence-electron chi connectivity index (χ1n) is 9.76. The summed E-state index contributed by atoms with van der Waals surface area (Å²) >= 11 is 0. The van der Waals surface area contributed by atoms with Gasteiger partial charge in [0.2, 0.25) is 0 Å². The Morgan fingerprint density at radius 3 is 2.03 bits per heavy atom. The molecular weight excluding hydrogens is 410 g/mol. The molecule has 8 heteroatoms. The van der Waals surface area contributed by atoms with Crippen LogP contribution in [0, 0.1) is 5.41 Å². The highest BCUT2D eigenvalue weighted by Gasteiger charge is 2.17. The van der Waals surface area contributed by atoms with Gasteiger partial charge in [-0.05, 0) is 54.4 Å². The number of hydrogen-bond acceptors (Lipinski definition) is 5. The molecule has 0 saturated heterocycles. The molecule has 0 aliphatic carbocycles. The third-order valence-electron chi connectivity index (χ3n) is 4.55. The van der Waals surface area contributed by atoms with E-state index in [9.17, 15) is 19.5 Å². The number of carboxylic acids is 1. The van der Waals surface area contributed by atoms with Crippen molar-refractivity contribution < 1.29 is 24.2 Å². The molecule has 0 atom stereocenters. The van der Waals surface area contributed by atoms with Crippen LogP contribution in [-0.2, 0) is 4.74 Å². The molecule has 4 N–H and O–H groups in total. The van der Waals surface area contributed by atoms with Gasteiger partial charge in [-0.2, -0.15) is 0 Å². The van der Waals surface area contributed by atoms with Gasteiger partial charge in [-0.25, -0.2) is 9.59 Å². The summed E-state index contributed by atoms with van der Waals surface area (Å²) in [7, 11) is 0. The Bertz CT molecular complexity index is 1170. The number of carbonyl (C=O) groups is 3. The van der Waals surface area contributed by atoms with Crippen LogP contribution in [0.15, 0.2) is 72.8 Å². The molecule has 3 aromatic rings. The molecular formula is C24H21N3O5. The molecule has 162 valence electrons. The molecule has 0 radical (unpaired) electrons. The molecule has 2 amide bonds. The van der Waals surface area contributed by atoms with Crippen LogP contribution in [0.1, 0.15) is 33.2 Å². The van der Waals surface area contributed by atoms with E-state index in [0.717, 1.165) is 0 Å². The first-order chi connectivity index (χ1) is 15.4. The first kappa shape index (κ1) is 22.2. The number of aromatic carboxylic acids is 1. The Hall–Kier alpha value is -4.46. The average Bonchev–Trinajstić information content (AvgIpc) is 2.79. The van der Waals surface area contributed by atoms with Gasteiger partial charge in [0.15, 0.2) is 0 Å². The van der Waals surface area contributed by atoms with E-state index in [1.54, 1.807) is 73.7 Å². The number of anilines is 1. The number of nitrogens with one attached hydrogen (secondary N) is 3. The summed E-state index contributed by atoms with van der Waals surface area (Å²) in [6, 6.07) is 19.6. The maximum atomic E-state index is 13.0. The number of hydrogen-bond donors (Lipinski definition) is 4. The fourth-order valence-electron chi connectivity index (χ4n) is 3.08. The van der Waals surface area contributed by atoms with E-state index in [1.807, 2.05) is 0 Å². The molecule has 32 heavy (non-hydrogen) atoms. The predicted molar refractivity (Wildman–Crippen MR) is 120 cm³/mol. The number of ether oxygens (including phenoxy) is 1. The second kappa shape index (κ2) is 10.0. The average molecular weight is 431 g/mol. The van der Waals surface area contributed by atoms with E-state index in [0.29, 0.717) is 27.9 Å². The lowest BCUT2D eigenvalue weighted by Gasteiger charge is -2.13. The highest BCUT2D eigenvalue weighted by atomic mass is 16.5. The van der Waals surface area contributed by atoms with E-state index in [2.05, 4.69) is 10.6 Å². The van der Waals surface area contributed by atoms with Crippen LogP contribution >= 0.6 is 0 Å². The third kappa shape index (κ3) is 5.17. The largest absolute Gasteiger partial charge is 0.478 e. The molecule has 3 aromatic carbocycles. The van der Waals surface area contributed by atoms with Gasteiger partial charge in [-0.15, -0.1) is 0 Å². The lowest BCUT2D eigenvalue weighted by Crippen LogP contribution is -2.31. The van der Waals surface area contributed by atoms with Gasteiger partial charge in [-0.1, -0.05) is 36.4 Å². The highest BCUT2D eigenvalue weighted by Crippen LogP contribution is 2.28. The highest BCUT2D eigenvalue weighted by molar-refractivity contribution is 6.10. The number of carbonyl (C=O) groups excluding carboxylic acids is 2. The zero-order chi connectivity index (χ0) is 23.1. The minimum absolute atomic E-state index is 0.102. The molecule has 0 saturated carbocycles. The van der Waals surface area contributed by atoms with E-state index in [-0.39, 0.29) is 18.0 Å². The number of amides is 2. The summed E-state index contributed by atoms with van der Waals surface area (Å²) in [4.78, 5) is 36.0. The number of benzene rings is 3. The first-order valence-corrected chi connectivity index (χ1v) is 9.76. The van der Waals surface area contributed by atoms with Crippen molar-refractivity contribution in [3.63, 3.8) is 0 Å². The molecule has 0 aliphatic rings. The number of amidine groups is 1. The van der Waals surface area contributed by atoms with Gasteiger partial charge in [0, 0.05) is 16.8 Å². The summed E-state index contributed by atoms with van der Waals surface area (Å²) in [5.41, 5.74) is 2.28. The van der Waals surface area contributed by atoms with Crippen LogP contribution in [0.4, 0.5) is 10.5 Å². The van der Waals surface area contributed by atoms with Gasteiger partial charge in [-0.3, -0.25) is 15.5 Å². The van der Waals surface area contributed by atoms with E-state index in [4.69, 9.17) is 10.1 Å². The summed E-state index contributed by atoms with van der Waals surface area (Å²) in [6.45, 7) is 1.86. The third-order valence-corrected chi connectivity index (χ3v) is 4.55. The Kier molecular flexibility index (Phi) is 6.97. The second-order valence-electron chi connectivity index (χ2n) is 6.65. The van der Waals surface area contributed by atoms with Crippen molar-refractivity contribution in [2.45, 2.75) is 6.92 Å². The second-order valence-corrected chi connectivity index (χ2v) is 6.65. The van der Waals surface area contributed by atoms with E-state index in [1.165, 1.54) is 6.07 Å². The van der Waals surface area contributed by atoms with Crippen molar-refractivity contribution in [2.24, 2.45) is 0 Å². The van der Waals surface area contributed by atoms with Crippen LogP contribution in [-0.4, -0.2) is 35.5 Å². The molecule has 0 aromatic heterocycles. The lowest BCUT2D eigenvalue weighted by molar-refractivity contribution is 0.0697. The summed E-state index contributed by atoms with van der Waals surface area (Å²) in [6.07, 6.45) is -0.715. The molecule has 0 fully saturated rings. The normalized spacial score (nSPS) is 10.2. The summed E-state index contributed by atoms with van der Waals surface area (Å²) < 4.78 is 4.75. The maximum absolute atomic E-state index is 13.0. The van der Waals surface area contributed by atoms with Crippen molar-refractivity contribution in [3.8, 4) is 11.1 Å². The van der Waals surface area contributed by atoms with Gasteiger partial charge < -0.3 is 15.2 Å². The Balaban J connectivity index is 1.80. The van der Waals surface area contributed by atoms with Crippen molar-refractivity contribution in [1.82, 2.24) is 5.32 Å². The van der Waals surface area contributed by atoms with Crippen LogP contribution in [0.2, 0.25) is 0 Å². The zero-order valence-corrected chi connectivity index (χ0v) is 17.2. The van der Waals surface area contributed by atoms with Crippen molar-refractivity contribution >= 4 is 29.5 Å². The zero-order valence-electron chi connectivity index (χ0n) is 17.2. The lowest BCUT2D eigenvalue weighted by atomic mass is 9.95. The Labute approximate surface area is 184 Å². The van der Waals surface area contributed by atoms with Crippen LogP contribution in [0.5, 0.6) is 0 Å². The Morgan fingerprint density at radius 1 is 0.875 bits per heavy atom. The standard InChI is InChI=1S/C24H21N3O5/c1-2-32-24(31)27-21(25)15-11-13-16(14-12-15)26-22(28)19-9-5-3-7-17(19)18-8-4-6-10-20(18)23(29)30/h3-14H,2H2,1H3,(H,26,28)(H,29,30)(H2,25,27,31). The van der Waals surface area contributed by atoms with Gasteiger partial charge >= 0.3 is 12.1 Å². The monoisotopic (exact) mass is 431 g/mol. The quantitative estimate of drug-likeness (QED) is 0.340. The SMILES string of the molecule is CCOC(=O)NC(=N)c1ccc(NC(=O)c2ccccc2-c2ccccc2C(=O)O)cc1. The molecule has 3 rings (SSSR count). The maximum Gasteiger partial charge on any atom is 0.412 e. The van der Waals surface area contributed by atoms with Crippen LogP contribution < -0.4 is 10.6 Å². The fraction of sp³-hybridized carbons (Fsp3) is 0.0833. The minimum atomic E-state index is -1.08. The molecule has 8 nitrogen and oxygen atoms in total. The van der Waals surface area contributed by atoms with Crippen molar-refractivity contribution in [3.05, 3.63) is 89.5 Å². The van der Waals surface area contributed by atoms with Crippen LogP contribution in [0.3, 0.4) is 0 Å². The number of carboxylic acid groups (broad SMARTS) is 1. The van der Waals surface area contributed by atoms with Gasteiger partial charge in [0.05, 0.1) is 12.2 Å². The number of rotatable bonds is 6. The Morgan fingerprint density at radius 2 is 1.44 bits per heavy atom. The molecule has 0 bridgehead atoms. The van der Waals surface area contributed by atoms with Crippen molar-refractivity contribution in [2.75, 3.05) is 11.9 Å². The summed E-state index contributed by atoms with van der Waals surface area (Å²) in [5, 5.41) is 22.5. The summed E-state index contributed by atoms with van der Waals surface area (Å²) in [5.74, 6) is -1.62.